The second-order valence-corrected chi connectivity index (χ2v) is 5.52. The SMILES string of the molecule is CCCCC(NC(=O)Cc1cnccn1)(C(N)=O)C(C)C. The zero-order valence-electron chi connectivity index (χ0n) is 12.9. The summed E-state index contributed by atoms with van der Waals surface area (Å²) in [5.74, 6) is -0.829. The first kappa shape index (κ1) is 17.1. The van der Waals surface area contributed by atoms with Gasteiger partial charge >= 0.3 is 0 Å². The smallest absolute Gasteiger partial charge is 0.243 e. The Balaban J connectivity index is 2.84. The van der Waals surface area contributed by atoms with E-state index in [1.807, 2.05) is 20.8 Å². The van der Waals surface area contributed by atoms with Crippen molar-refractivity contribution in [3.8, 4) is 0 Å². The average molecular weight is 292 g/mol. The molecule has 1 heterocycles. The van der Waals surface area contributed by atoms with Crippen LogP contribution in [0.3, 0.4) is 0 Å². The van der Waals surface area contributed by atoms with Crippen molar-refractivity contribution in [2.45, 2.75) is 52.0 Å². The van der Waals surface area contributed by atoms with Crippen molar-refractivity contribution >= 4 is 11.8 Å². The normalized spacial score (nSPS) is 13.7. The molecule has 1 aromatic rings. The minimum absolute atomic E-state index is 0.0765. The van der Waals surface area contributed by atoms with Crippen LogP contribution in [-0.2, 0) is 16.0 Å². The molecule has 1 atom stereocenters. The van der Waals surface area contributed by atoms with E-state index in [1.54, 1.807) is 6.20 Å². The summed E-state index contributed by atoms with van der Waals surface area (Å²) in [4.78, 5) is 32.1. The number of amides is 2. The predicted molar refractivity (Wildman–Crippen MR) is 80.2 cm³/mol. The van der Waals surface area contributed by atoms with Gasteiger partial charge in [-0.2, -0.15) is 0 Å². The van der Waals surface area contributed by atoms with Gasteiger partial charge in [0.25, 0.3) is 0 Å². The lowest BCUT2D eigenvalue weighted by Crippen LogP contribution is -2.61. The van der Waals surface area contributed by atoms with Gasteiger partial charge in [-0.05, 0) is 12.3 Å². The van der Waals surface area contributed by atoms with Crippen molar-refractivity contribution in [2.75, 3.05) is 0 Å². The number of nitrogens with two attached hydrogens (primary N) is 1. The molecule has 0 saturated heterocycles. The van der Waals surface area contributed by atoms with E-state index >= 15 is 0 Å². The summed E-state index contributed by atoms with van der Waals surface area (Å²) < 4.78 is 0. The van der Waals surface area contributed by atoms with Crippen molar-refractivity contribution in [3.63, 3.8) is 0 Å². The Kier molecular flexibility index (Phi) is 6.27. The molecule has 0 fully saturated rings. The van der Waals surface area contributed by atoms with Gasteiger partial charge in [0.15, 0.2) is 0 Å². The maximum Gasteiger partial charge on any atom is 0.243 e. The van der Waals surface area contributed by atoms with Crippen LogP contribution < -0.4 is 11.1 Å². The standard InChI is InChI=1S/C15H24N4O2/c1-4-5-6-15(11(2)3,14(16)21)19-13(20)9-12-10-17-7-8-18-12/h7-8,10-11H,4-6,9H2,1-3H3,(H2,16,21)(H,19,20). The molecule has 1 aromatic heterocycles. The van der Waals surface area contributed by atoms with Gasteiger partial charge in [0, 0.05) is 18.6 Å². The van der Waals surface area contributed by atoms with Crippen molar-refractivity contribution < 1.29 is 9.59 Å². The molecule has 1 unspecified atom stereocenters. The quantitative estimate of drug-likeness (QED) is 0.752. The van der Waals surface area contributed by atoms with Gasteiger partial charge in [0.05, 0.1) is 12.1 Å². The first-order valence-electron chi connectivity index (χ1n) is 7.28. The summed E-state index contributed by atoms with van der Waals surface area (Å²) in [7, 11) is 0. The first-order chi connectivity index (χ1) is 9.92. The van der Waals surface area contributed by atoms with Crippen LogP contribution in [0.4, 0.5) is 0 Å². The van der Waals surface area contributed by atoms with Crippen LogP contribution in [0.15, 0.2) is 18.6 Å². The highest BCUT2D eigenvalue weighted by atomic mass is 16.2. The Labute approximate surface area is 125 Å². The van der Waals surface area contributed by atoms with Crippen LogP contribution >= 0.6 is 0 Å². The Bertz CT molecular complexity index is 476. The van der Waals surface area contributed by atoms with E-state index in [1.165, 1.54) is 12.4 Å². The molecule has 3 N–H and O–H groups in total. The van der Waals surface area contributed by atoms with Crippen LogP contribution in [0, 0.1) is 5.92 Å². The number of hydrogen-bond donors (Lipinski definition) is 2. The van der Waals surface area contributed by atoms with E-state index < -0.39 is 11.4 Å². The van der Waals surface area contributed by atoms with E-state index in [2.05, 4.69) is 15.3 Å². The van der Waals surface area contributed by atoms with E-state index in [9.17, 15) is 9.59 Å². The van der Waals surface area contributed by atoms with Gasteiger partial charge in [0.1, 0.15) is 5.54 Å². The molecule has 0 saturated carbocycles. The minimum atomic E-state index is -1.00. The topological polar surface area (TPSA) is 98.0 Å². The number of rotatable bonds is 8. The van der Waals surface area contributed by atoms with Gasteiger partial charge in [-0.25, -0.2) is 0 Å². The third-order valence-corrected chi connectivity index (χ3v) is 3.67. The number of primary amides is 1. The van der Waals surface area contributed by atoms with Gasteiger partial charge < -0.3 is 11.1 Å². The number of aromatic nitrogens is 2. The molecule has 116 valence electrons. The number of carbonyl (C=O) groups is 2. The molecule has 6 nitrogen and oxygen atoms in total. The van der Waals surface area contributed by atoms with Crippen LogP contribution in [0.1, 0.15) is 45.7 Å². The van der Waals surface area contributed by atoms with Crippen molar-refractivity contribution in [1.82, 2.24) is 15.3 Å². The lowest BCUT2D eigenvalue weighted by molar-refractivity contribution is -0.133. The summed E-state index contributed by atoms with van der Waals surface area (Å²) in [6.45, 7) is 5.82. The average Bonchev–Trinajstić information content (AvgIpc) is 2.43. The third kappa shape index (κ3) is 4.51. The number of unbranched alkanes of at least 4 members (excludes halogenated alkanes) is 1. The number of hydrogen-bond acceptors (Lipinski definition) is 4. The number of nitrogens with one attached hydrogen (secondary N) is 1. The first-order valence-corrected chi connectivity index (χ1v) is 7.28. The monoisotopic (exact) mass is 292 g/mol. The molecule has 0 aliphatic rings. The number of nitrogens with zero attached hydrogens (tertiary/aromatic N) is 2. The lowest BCUT2D eigenvalue weighted by atomic mass is 9.81. The van der Waals surface area contributed by atoms with E-state index in [-0.39, 0.29) is 18.2 Å². The highest BCUT2D eigenvalue weighted by molar-refractivity contribution is 5.91. The van der Waals surface area contributed by atoms with Crippen molar-refractivity contribution in [2.24, 2.45) is 11.7 Å². The predicted octanol–water partition coefficient (Wildman–Crippen LogP) is 1.21. The second-order valence-electron chi connectivity index (χ2n) is 5.52. The summed E-state index contributed by atoms with van der Waals surface area (Å²) in [5, 5.41) is 2.83. The molecule has 2 amide bonds. The molecule has 0 spiro atoms. The molecule has 0 aliphatic heterocycles. The summed E-state index contributed by atoms with van der Waals surface area (Å²) >= 11 is 0. The molecule has 1 rings (SSSR count). The lowest BCUT2D eigenvalue weighted by Gasteiger charge is -2.35. The molecule has 0 radical (unpaired) electrons. The van der Waals surface area contributed by atoms with Crippen LogP contribution in [0.25, 0.3) is 0 Å². The van der Waals surface area contributed by atoms with Crippen LogP contribution in [0.5, 0.6) is 0 Å². The Morgan fingerprint density at radius 3 is 2.57 bits per heavy atom. The summed E-state index contributed by atoms with van der Waals surface area (Å²) in [5.41, 5.74) is 5.13. The van der Waals surface area contributed by atoms with Crippen molar-refractivity contribution in [1.29, 1.82) is 0 Å². The van der Waals surface area contributed by atoms with E-state index in [0.717, 1.165) is 12.8 Å². The third-order valence-electron chi connectivity index (χ3n) is 3.67. The van der Waals surface area contributed by atoms with Gasteiger partial charge in [-0.3, -0.25) is 19.6 Å². The number of carbonyl (C=O) groups excluding carboxylic acids is 2. The maximum atomic E-state index is 12.2. The minimum Gasteiger partial charge on any atom is -0.368 e. The molecule has 21 heavy (non-hydrogen) atoms. The molecular formula is C15H24N4O2. The Hall–Kier alpha value is -1.98. The second kappa shape index (κ2) is 7.71. The fourth-order valence-corrected chi connectivity index (χ4v) is 2.30. The fraction of sp³-hybridized carbons (Fsp3) is 0.600. The highest BCUT2D eigenvalue weighted by Crippen LogP contribution is 2.24. The molecule has 0 aliphatic carbocycles. The van der Waals surface area contributed by atoms with Gasteiger partial charge in [0.2, 0.25) is 11.8 Å². The van der Waals surface area contributed by atoms with E-state index in [0.29, 0.717) is 12.1 Å². The summed E-state index contributed by atoms with van der Waals surface area (Å²) in [6, 6.07) is 0. The van der Waals surface area contributed by atoms with Crippen LogP contribution in [-0.4, -0.2) is 27.3 Å². The molecule has 6 heteroatoms. The van der Waals surface area contributed by atoms with E-state index in [4.69, 9.17) is 5.73 Å². The van der Waals surface area contributed by atoms with Crippen LogP contribution in [0.2, 0.25) is 0 Å². The maximum absolute atomic E-state index is 12.2. The molecule has 0 bridgehead atoms. The van der Waals surface area contributed by atoms with Crippen molar-refractivity contribution in [3.05, 3.63) is 24.3 Å². The zero-order valence-corrected chi connectivity index (χ0v) is 12.9. The van der Waals surface area contributed by atoms with Gasteiger partial charge in [-0.15, -0.1) is 0 Å². The fourth-order valence-electron chi connectivity index (χ4n) is 2.30. The highest BCUT2D eigenvalue weighted by Gasteiger charge is 2.40. The molecular weight excluding hydrogens is 268 g/mol. The zero-order chi connectivity index (χ0) is 15.9. The Morgan fingerprint density at radius 1 is 1.38 bits per heavy atom. The Morgan fingerprint density at radius 2 is 2.10 bits per heavy atom. The summed E-state index contributed by atoms with van der Waals surface area (Å²) in [6.07, 6.45) is 7.00. The largest absolute Gasteiger partial charge is 0.368 e. The molecule has 0 aromatic carbocycles. The van der Waals surface area contributed by atoms with Gasteiger partial charge in [-0.1, -0.05) is 33.6 Å².